The van der Waals surface area contributed by atoms with Crippen molar-refractivity contribution in [3.8, 4) is 0 Å². The number of nitrogens with zero attached hydrogens (tertiary/aromatic N) is 2. The van der Waals surface area contributed by atoms with Gasteiger partial charge in [-0.3, -0.25) is 9.78 Å². The maximum Gasteiger partial charge on any atom is 0.271 e. The number of anilines is 1. The highest BCUT2D eigenvalue weighted by molar-refractivity contribution is 5.92. The van der Waals surface area contributed by atoms with E-state index in [1.807, 2.05) is 0 Å². The summed E-state index contributed by atoms with van der Waals surface area (Å²) in [6.45, 7) is 1.32. The van der Waals surface area contributed by atoms with Gasteiger partial charge < -0.3 is 15.4 Å². The van der Waals surface area contributed by atoms with Crippen molar-refractivity contribution in [3.05, 3.63) is 18.1 Å². The van der Waals surface area contributed by atoms with Crippen molar-refractivity contribution in [1.29, 1.82) is 0 Å². The molecule has 1 saturated heterocycles. The molecule has 1 atom stereocenters. The lowest BCUT2D eigenvalue weighted by Crippen LogP contribution is -2.32. The molecule has 2 N–H and O–H groups in total. The van der Waals surface area contributed by atoms with Crippen molar-refractivity contribution < 1.29 is 9.53 Å². The van der Waals surface area contributed by atoms with Crippen molar-refractivity contribution in [2.45, 2.75) is 18.9 Å². The smallest absolute Gasteiger partial charge is 0.271 e. The summed E-state index contributed by atoms with van der Waals surface area (Å²) in [7, 11) is 1.73. The molecule has 17 heavy (non-hydrogen) atoms. The second-order valence-corrected chi connectivity index (χ2v) is 3.88. The number of carbonyl (C=O) groups excluding carboxylic acids is 1. The van der Waals surface area contributed by atoms with Crippen LogP contribution in [0.15, 0.2) is 12.4 Å². The highest BCUT2D eigenvalue weighted by Gasteiger charge is 2.17. The van der Waals surface area contributed by atoms with Crippen molar-refractivity contribution in [2.75, 3.05) is 25.5 Å². The Labute approximate surface area is 99.8 Å². The van der Waals surface area contributed by atoms with Gasteiger partial charge in [0.15, 0.2) is 0 Å². The third-order valence-electron chi connectivity index (χ3n) is 2.64. The normalized spacial score (nSPS) is 19.0. The summed E-state index contributed by atoms with van der Waals surface area (Å²) in [5, 5.41) is 5.64. The third-order valence-corrected chi connectivity index (χ3v) is 2.64. The van der Waals surface area contributed by atoms with Crippen LogP contribution in [0, 0.1) is 0 Å². The van der Waals surface area contributed by atoms with Crippen molar-refractivity contribution in [1.82, 2.24) is 15.3 Å². The second kappa shape index (κ2) is 5.58. The van der Waals surface area contributed by atoms with E-state index in [-0.39, 0.29) is 12.0 Å². The molecule has 6 nitrogen and oxygen atoms in total. The first kappa shape index (κ1) is 11.8. The van der Waals surface area contributed by atoms with Gasteiger partial charge in [0, 0.05) is 20.2 Å². The standard InChI is InChI=1S/C11H16N4O2/c1-12-10-7-13-6-9(15-10)11(16)14-5-8-3-2-4-17-8/h6-8H,2-5H2,1H3,(H,12,15)(H,14,16). The van der Waals surface area contributed by atoms with Crippen molar-refractivity contribution >= 4 is 11.7 Å². The number of aromatic nitrogens is 2. The third kappa shape index (κ3) is 3.13. The van der Waals surface area contributed by atoms with Crippen LogP contribution in [0.2, 0.25) is 0 Å². The predicted molar refractivity (Wildman–Crippen MR) is 62.9 cm³/mol. The van der Waals surface area contributed by atoms with Crippen LogP contribution in [0.5, 0.6) is 0 Å². The Kier molecular flexibility index (Phi) is 3.87. The summed E-state index contributed by atoms with van der Waals surface area (Å²) in [4.78, 5) is 19.8. The molecule has 2 heterocycles. The molecule has 1 aromatic rings. The maximum atomic E-state index is 11.8. The highest BCUT2D eigenvalue weighted by atomic mass is 16.5. The van der Waals surface area contributed by atoms with Crippen molar-refractivity contribution in [3.63, 3.8) is 0 Å². The van der Waals surface area contributed by atoms with E-state index in [1.54, 1.807) is 13.2 Å². The van der Waals surface area contributed by atoms with E-state index in [4.69, 9.17) is 4.74 Å². The molecule has 0 aliphatic carbocycles. The summed E-state index contributed by atoms with van der Waals surface area (Å²) in [6.07, 6.45) is 5.22. The van der Waals surface area contributed by atoms with Crippen LogP contribution in [-0.2, 0) is 4.74 Å². The molecule has 6 heteroatoms. The monoisotopic (exact) mass is 236 g/mol. The zero-order chi connectivity index (χ0) is 12.1. The van der Waals surface area contributed by atoms with E-state index in [0.717, 1.165) is 19.4 Å². The molecular weight excluding hydrogens is 220 g/mol. The number of hydrogen-bond donors (Lipinski definition) is 2. The lowest BCUT2D eigenvalue weighted by Gasteiger charge is -2.10. The molecule has 0 saturated carbocycles. The van der Waals surface area contributed by atoms with Gasteiger partial charge in [-0.2, -0.15) is 0 Å². The second-order valence-electron chi connectivity index (χ2n) is 3.88. The van der Waals surface area contributed by atoms with E-state index in [2.05, 4.69) is 20.6 Å². The summed E-state index contributed by atoms with van der Waals surface area (Å²) in [5.41, 5.74) is 0.315. The number of nitrogens with one attached hydrogen (secondary N) is 2. The van der Waals surface area contributed by atoms with Gasteiger partial charge in [-0.1, -0.05) is 0 Å². The number of carbonyl (C=O) groups is 1. The molecule has 0 aromatic carbocycles. The molecule has 2 rings (SSSR count). The number of amides is 1. The van der Waals surface area contributed by atoms with E-state index in [0.29, 0.717) is 18.1 Å². The first-order chi connectivity index (χ1) is 8.29. The largest absolute Gasteiger partial charge is 0.376 e. The molecular formula is C11H16N4O2. The van der Waals surface area contributed by atoms with Crippen LogP contribution < -0.4 is 10.6 Å². The molecule has 0 radical (unpaired) electrons. The quantitative estimate of drug-likeness (QED) is 0.792. The van der Waals surface area contributed by atoms with E-state index < -0.39 is 0 Å². The zero-order valence-electron chi connectivity index (χ0n) is 9.77. The Morgan fingerprint density at radius 2 is 2.47 bits per heavy atom. The fourth-order valence-electron chi connectivity index (χ4n) is 1.70. The maximum absolute atomic E-state index is 11.8. The topological polar surface area (TPSA) is 76.1 Å². The fourth-order valence-corrected chi connectivity index (χ4v) is 1.70. The lowest BCUT2D eigenvalue weighted by molar-refractivity contribution is 0.0853. The number of hydrogen-bond acceptors (Lipinski definition) is 5. The molecule has 1 aliphatic heterocycles. The van der Waals surface area contributed by atoms with Crippen LogP contribution >= 0.6 is 0 Å². The summed E-state index contributed by atoms with van der Waals surface area (Å²) < 4.78 is 5.42. The average Bonchev–Trinajstić information content (AvgIpc) is 2.89. The Bertz CT molecular complexity index is 391. The molecule has 1 amide bonds. The van der Waals surface area contributed by atoms with Crippen LogP contribution in [0.3, 0.4) is 0 Å². The first-order valence-electron chi connectivity index (χ1n) is 5.69. The van der Waals surface area contributed by atoms with E-state index >= 15 is 0 Å². The molecule has 1 unspecified atom stereocenters. The van der Waals surface area contributed by atoms with Crippen LogP contribution in [0.1, 0.15) is 23.3 Å². The SMILES string of the molecule is CNc1cncc(C(=O)NCC2CCCO2)n1. The van der Waals surface area contributed by atoms with Gasteiger partial charge in [0.2, 0.25) is 0 Å². The average molecular weight is 236 g/mol. The molecule has 0 bridgehead atoms. The van der Waals surface area contributed by atoms with E-state index in [9.17, 15) is 4.79 Å². The van der Waals surface area contributed by atoms with Gasteiger partial charge >= 0.3 is 0 Å². The predicted octanol–water partition coefficient (Wildman–Crippen LogP) is 0.427. The Hall–Kier alpha value is -1.69. The van der Waals surface area contributed by atoms with Gasteiger partial charge in [-0.15, -0.1) is 0 Å². The molecule has 92 valence electrons. The molecule has 0 spiro atoms. The summed E-state index contributed by atoms with van der Waals surface area (Å²) in [5.74, 6) is 0.361. The summed E-state index contributed by atoms with van der Waals surface area (Å²) in [6, 6.07) is 0. The van der Waals surface area contributed by atoms with Crippen LogP contribution in [0.25, 0.3) is 0 Å². The van der Waals surface area contributed by atoms with Gasteiger partial charge in [-0.05, 0) is 12.8 Å². The minimum Gasteiger partial charge on any atom is -0.376 e. The Balaban J connectivity index is 1.89. The van der Waals surface area contributed by atoms with E-state index in [1.165, 1.54) is 6.20 Å². The number of rotatable bonds is 4. The van der Waals surface area contributed by atoms with Gasteiger partial charge in [0.1, 0.15) is 11.5 Å². The fraction of sp³-hybridized carbons (Fsp3) is 0.545. The molecule has 1 aromatic heterocycles. The van der Waals surface area contributed by atoms with Crippen LogP contribution in [0.4, 0.5) is 5.82 Å². The summed E-state index contributed by atoms with van der Waals surface area (Å²) >= 11 is 0. The van der Waals surface area contributed by atoms with Gasteiger partial charge in [0.25, 0.3) is 5.91 Å². The van der Waals surface area contributed by atoms with Crippen molar-refractivity contribution in [2.24, 2.45) is 0 Å². The minimum atomic E-state index is -0.218. The number of ether oxygens (including phenoxy) is 1. The highest BCUT2D eigenvalue weighted by Crippen LogP contribution is 2.10. The lowest BCUT2D eigenvalue weighted by atomic mass is 10.2. The van der Waals surface area contributed by atoms with Crippen LogP contribution in [-0.4, -0.2) is 42.2 Å². The molecule has 1 aliphatic rings. The minimum absolute atomic E-state index is 0.138. The first-order valence-corrected chi connectivity index (χ1v) is 5.69. The zero-order valence-corrected chi connectivity index (χ0v) is 9.77. The Morgan fingerprint density at radius 1 is 1.59 bits per heavy atom. The van der Waals surface area contributed by atoms with Gasteiger partial charge in [0.05, 0.1) is 18.5 Å². The van der Waals surface area contributed by atoms with Gasteiger partial charge in [-0.25, -0.2) is 4.98 Å². The Morgan fingerprint density at radius 3 is 3.18 bits per heavy atom. The molecule has 1 fully saturated rings.